The Morgan fingerprint density at radius 2 is 0.426 bits per heavy atom. The van der Waals surface area contributed by atoms with Crippen molar-refractivity contribution >= 4 is 90.8 Å². The van der Waals surface area contributed by atoms with Gasteiger partial charge in [-0.15, -0.1) is 0 Å². The second kappa shape index (κ2) is 55.1. The number of amides is 5. The molecule has 0 aliphatic heterocycles. The quantitative estimate of drug-likeness (QED) is 0.0159. The first-order chi connectivity index (χ1) is 54.9. The van der Waals surface area contributed by atoms with E-state index < -0.39 is 90.3 Å². The van der Waals surface area contributed by atoms with Crippen LogP contribution in [-0.4, -0.2) is 147 Å². The summed E-state index contributed by atoms with van der Waals surface area (Å²) in [7, 11) is 0. The lowest BCUT2D eigenvalue weighted by Crippen LogP contribution is -2.44. The zero-order valence-corrected chi connectivity index (χ0v) is 65.9. The van der Waals surface area contributed by atoms with Gasteiger partial charge in [-0.05, 0) is 114 Å². The van der Waals surface area contributed by atoms with Crippen LogP contribution < -0.4 is 26.6 Å². The second-order valence-corrected chi connectivity index (χ2v) is 29.1. The standard InChI is InChI=1S/2C20H21NO4.2C17H23NO4.C16H21NO4/c2*22-14-17(11-15-7-3-1-4-8-15)13-19(23)18(21-20(24)25)12-16-9-5-2-6-10-16;2*1-12(2)8-15(18-17(21)22)16(20)10-14(11-19)9-13-6-4-3-5-7-13;1-11(2)15(17-16(20)21)14(19)9-13(10-18)8-12-6-4-3-5-7-12/h2*1-10,14,17-18,21H,11-13H2,(H,24,25);2*3-7,11-12,14-15,18H,8-10H2,1-2H3,(H,21,22);3-7,10-11,13,15,17H,8-9H2,1-2H3,(H,20,21)/t17-,18+;;14-,15+;;13-,15+/m1.1.1/s1. The number of carbonyl (C=O) groups excluding carboxylic acids is 10. The Morgan fingerprint density at radius 3 is 0.600 bits per heavy atom. The number of hydrogen-bond acceptors (Lipinski definition) is 15. The molecule has 115 heavy (non-hydrogen) atoms. The fourth-order valence-electron chi connectivity index (χ4n) is 12.4. The molecule has 0 saturated heterocycles. The third kappa shape index (κ3) is 42.7. The summed E-state index contributed by atoms with van der Waals surface area (Å²) in [6.07, 6.45) is 1.62. The van der Waals surface area contributed by atoms with Crippen molar-refractivity contribution in [2.24, 2.45) is 47.3 Å². The van der Waals surface area contributed by atoms with Gasteiger partial charge in [0, 0.05) is 61.7 Å². The Bertz CT molecular complexity index is 3880. The third-order valence-electron chi connectivity index (χ3n) is 18.0. The zero-order chi connectivity index (χ0) is 85.0. The van der Waals surface area contributed by atoms with Gasteiger partial charge in [-0.3, -0.25) is 24.0 Å². The minimum absolute atomic E-state index is 0.0101. The molecule has 25 nitrogen and oxygen atoms in total. The number of aldehydes is 5. The molecule has 10 N–H and O–H groups in total. The average Bonchev–Trinajstić information content (AvgIpc) is 0.889. The largest absolute Gasteiger partial charge is 0.465 e. The van der Waals surface area contributed by atoms with Gasteiger partial charge in [-0.2, -0.15) is 0 Å². The molecule has 0 radical (unpaired) electrons. The van der Waals surface area contributed by atoms with Gasteiger partial charge in [0.25, 0.3) is 0 Å². The Balaban J connectivity index is 0.000000373. The monoisotopic (exact) mass is 1580 g/mol. The van der Waals surface area contributed by atoms with Crippen LogP contribution >= 0.6 is 0 Å². The first-order valence-electron chi connectivity index (χ1n) is 38.1. The Morgan fingerprint density at radius 1 is 0.252 bits per heavy atom. The van der Waals surface area contributed by atoms with E-state index in [0.29, 0.717) is 44.9 Å². The van der Waals surface area contributed by atoms with Gasteiger partial charge in [-0.25, -0.2) is 24.0 Å². The number of Topliss-reactive ketones (excluding diaryl/α,β-unsaturated/α-hetero) is 5. The molecule has 0 saturated carbocycles. The molecule has 0 fully saturated rings. The fraction of sp³-hybridized carbons (Fsp3) is 0.367. The van der Waals surface area contributed by atoms with Crippen LogP contribution in [0.1, 0.15) is 125 Å². The predicted molar refractivity (Wildman–Crippen MR) is 435 cm³/mol. The first-order valence-corrected chi connectivity index (χ1v) is 38.1. The smallest absolute Gasteiger partial charge is 0.405 e. The molecule has 0 heterocycles. The molecular weight excluding hydrogens is 1470 g/mol. The highest BCUT2D eigenvalue weighted by atomic mass is 16.4. The van der Waals surface area contributed by atoms with E-state index in [1.807, 2.05) is 240 Å². The molecule has 0 aliphatic carbocycles. The molecule has 10 atom stereocenters. The van der Waals surface area contributed by atoms with Crippen LogP contribution in [0.25, 0.3) is 0 Å². The molecule has 0 bridgehead atoms. The number of carboxylic acid groups (broad SMARTS) is 5. The second-order valence-electron chi connectivity index (χ2n) is 29.1. The van der Waals surface area contributed by atoms with E-state index in [1.54, 1.807) is 13.8 Å². The van der Waals surface area contributed by atoms with Gasteiger partial charge in [0.1, 0.15) is 31.4 Å². The Hall–Kier alpha value is -12.4. The van der Waals surface area contributed by atoms with Crippen molar-refractivity contribution in [2.45, 2.75) is 162 Å². The molecule has 7 rings (SSSR count). The maximum Gasteiger partial charge on any atom is 0.405 e. The fourth-order valence-corrected chi connectivity index (χ4v) is 12.4. The zero-order valence-electron chi connectivity index (χ0n) is 65.9. The maximum atomic E-state index is 12.6. The van der Waals surface area contributed by atoms with Gasteiger partial charge >= 0.3 is 30.5 Å². The molecule has 4 unspecified atom stereocenters. The summed E-state index contributed by atoms with van der Waals surface area (Å²) in [6, 6.07) is 61.6. The van der Waals surface area contributed by atoms with Crippen LogP contribution in [0, 0.1) is 47.3 Å². The number of nitrogens with one attached hydrogen (secondary N) is 5. The summed E-state index contributed by atoms with van der Waals surface area (Å²) in [5.41, 5.74) is 6.62. The van der Waals surface area contributed by atoms with Crippen molar-refractivity contribution in [3.8, 4) is 0 Å². The Kier molecular flexibility index (Phi) is 46.4. The Labute approximate surface area is 671 Å². The SMILES string of the molecule is CC(C)CC(NC(=O)O)C(=O)CC(C=O)Cc1ccccc1.CC(C)C[C@H](NC(=O)O)C(=O)C[C@H](C=O)Cc1ccccc1.CC(C)[C@H](NC(=O)O)C(=O)C[C@H](C=O)Cc1ccccc1.O=CC(CC(=O)C(Cc1ccccc1)NC(=O)O)Cc1ccccc1.O=C[C@@H](CC(=O)[C@H](Cc1ccccc1)NC(=O)O)Cc1ccccc1. The van der Waals surface area contributed by atoms with Crippen molar-refractivity contribution in [1.82, 2.24) is 26.6 Å². The van der Waals surface area contributed by atoms with Crippen LogP contribution in [0.5, 0.6) is 0 Å². The molecule has 7 aromatic carbocycles. The summed E-state index contributed by atoms with van der Waals surface area (Å²) < 4.78 is 0. The minimum Gasteiger partial charge on any atom is -0.465 e. The lowest BCUT2D eigenvalue weighted by Gasteiger charge is -2.21. The normalized spacial score (nSPS) is 13.2. The van der Waals surface area contributed by atoms with Gasteiger partial charge < -0.3 is 76.1 Å². The predicted octanol–water partition coefficient (Wildman–Crippen LogP) is 13.4. The number of benzene rings is 7. The molecular formula is C90H109N5O20. The molecule has 25 heteroatoms. The molecule has 0 aliphatic rings. The summed E-state index contributed by atoms with van der Waals surface area (Å²) in [5, 5.41) is 55.7. The summed E-state index contributed by atoms with van der Waals surface area (Å²) in [6.45, 7) is 11.2. The number of hydrogen-bond donors (Lipinski definition) is 10. The van der Waals surface area contributed by atoms with Gasteiger partial charge in [0.05, 0.1) is 30.2 Å². The van der Waals surface area contributed by atoms with Gasteiger partial charge in [-0.1, -0.05) is 254 Å². The molecule has 0 aromatic heterocycles. The molecule has 7 aromatic rings. The summed E-state index contributed by atoms with van der Waals surface area (Å²) in [5.74, 6) is -3.29. The maximum absolute atomic E-state index is 12.6. The number of rotatable bonds is 44. The highest BCUT2D eigenvalue weighted by molar-refractivity contribution is 5.92. The van der Waals surface area contributed by atoms with Crippen LogP contribution in [0.2, 0.25) is 0 Å². The van der Waals surface area contributed by atoms with E-state index in [9.17, 15) is 71.9 Å². The van der Waals surface area contributed by atoms with Crippen molar-refractivity contribution in [1.29, 1.82) is 0 Å². The number of carbonyl (C=O) groups is 15. The highest BCUT2D eigenvalue weighted by Crippen LogP contribution is 2.21. The van der Waals surface area contributed by atoms with Crippen LogP contribution in [0.4, 0.5) is 24.0 Å². The van der Waals surface area contributed by atoms with E-state index in [-0.39, 0.29) is 91.6 Å². The van der Waals surface area contributed by atoms with Crippen molar-refractivity contribution in [3.63, 3.8) is 0 Å². The van der Waals surface area contributed by atoms with Gasteiger partial charge in [0.2, 0.25) is 0 Å². The molecule has 614 valence electrons. The lowest BCUT2D eigenvalue weighted by molar-refractivity contribution is -0.125. The number of ketones is 5. The van der Waals surface area contributed by atoms with Crippen molar-refractivity contribution in [2.75, 3.05) is 0 Å². The van der Waals surface area contributed by atoms with Gasteiger partial charge in [0.15, 0.2) is 28.9 Å². The van der Waals surface area contributed by atoms with Crippen LogP contribution in [0.3, 0.4) is 0 Å². The van der Waals surface area contributed by atoms with E-state index in [1.165, 1.54) is 0 Å². The van der Waals surface area contributed by atoms with E-state index >= 15 is 0 Å². The topological polar surface area (TPSA) is 417 Å². The highest BCUT2D eigenvalue weighted by Gasteiger charge is 2.30. The summed E-state index contributed by atoms with van der Waals surface area (Å²) in [4.78, 5) is 173. The average molecular weight is 1580 g/mol. The lowest BCUT2D eigenvalue weighted by atomic mass is 9.90. The van der Waals surface area contributed by atoms with Crippen LogP contribution in [0.15, 0.2) is 212 Å². The minimum atomic E-state index is -1.25. The van der Waals surface area contributed by atoms with E-state index in [2.05, 4.69) is 26.6 Å². The molecule has 5 amide bonds. The van der Waals surface area contributed by atoms with Crippen molar-refractivity contribution < 1.29 is 97.5 Å². The van der Waals surface area contributed by atoms with E-state index in [4.69, 9.17) is 25.5 Å². The third-order valence-corrected chi connectivity index (χ3v) is 18.0. The first kappa shape index (κ1) is 96.8. The van der Waals surface area contributed by atoms with Crippen LogP contribution in [-0.2, 0) is 92.9 Å². The summed E-state index contributed by atoms with van der Waals surface area (Å²) >= 11 is 0. The van der Waals surface area contributed by atoms with E-state index in [0.717, 1.165) is 70.4 Å². The van der Waals surface area contributed by atoms with Crippen molar-refractivity contribution in [3.05, 3.63) is 251 Å². The molecule has 0 spiro atoms.